The number of nitrogens with zero attached hydrogens (tertiary/aromatic N) is 3. The van der Waals surface area contributed by atoms with Crippen molar-refractivity contribution in [3.8, 4) is 11.8 Å². The Morgan fingerprint density at radius 3 is 2.59 bits per heavy atom. The molecule has 0 radical (unpaired) electrons. The molecule has 1 saturated heterocycles. The molecule has 1 spiro atoms. The van der Waals surface area contributed by atoms with Gasteiger partial charge in [0, 0.05) is 24.6 Å². The minimum Gasteiger partial charge on any atom is -0.491 e. The molecule has 1 aromatic carbocycles. The van der Waals surface area contributed by atoms with Gasteiger partial charge in [-0.2, -0.15) is 5.26 Å². The molecule has 2 aliphatic heterocycles. The Balaban J connectivity index is 1.18. The summed E-state index contributed by atoms with van der Waals surface area (Å²) in [4.78, 5) is 19.1. The number of rotatable bonds is 6. The third-order valence-electron chi connectivity index (χ3n) is 7.39. The normalized spacial score (nSPS) is 20.4. The van der Waals surface area contributed by atoms with E-state index >= 15 is 0 Å². The number of carbonyl (C=O) groups excluding carboxylic acids is 1. The lowest BCUT2D eigenvalue weighted by Crippen LogP contribution is -2.47. The monoisotopic (exact) mass is 484 g/mol. The highest BCUT2D eigenvalue weighted by Gasteiger charge is 2.56. The van der Waals surface area contributed by atoms with Crippen LogP contribution in [0.3, 0.4) is 0 Å². The standard InChI is InChI=1S/C24H25FN4O4S/c1-34(31,32)24(4-5-24)21-19(25)13-17(15-27-21)33-11-10-29-8-6-23(7-9-29)18-12-16(14-26)2-3-20(18)28-22(23)30/h2-3,12-13,15H,4-11H2,1H3,(H,28,30). The van der Waals surface area contributed by atoms with Gasteiger partial charge >= 0.3 is 0 Å². The van der Waals surface area contributed by atoms with Crippen molar-refractivity contribution >= 4 is 21.4 Å². The summed E-state index contributed by atoms with van der Waals surface area (Å²) < 4.78 is 43.1. The second-order valence-electron chi connectivity index (χ2n) is 9.37. The molecule has 1 amide bonds. The number of piperidine rings is 1. The fraction of sp³-hybridized carbons (Fsp3) is 0.458. The summed E-state index contributed by atoms with van der Waals surface area (Å²) in [6.45, 7) is 2.29. The topological polar surface area (TPSA) is 112 Å². The van der Waals surface area contributed by atoms with Gasteiger partial charge < -0.3 is 10.1 Å². The fourth-order valence-corrected chi connectivity index (χ4v) is 6.51. The zero-order valence-corrected chi connectivity index (χ0v) is 19.6. The van der Waals surface area contributed by atoms with Crippen molar-refractivity contribution in [2.45, 2.75) is 35.8 Å². The lowest BCUT2D eigenvalue weighted by atomic mass is 9.73. The number of benzene rings is 1. The van der Waals surface area contributed by atoms with Crippen molar-refractivity contribution in [1.29, 1.82) is 5.26 Å². The Morgan fingerprint density at radius 2 is 1.97 bits per heavy atom. The number of fused-ring (bicyclic) bond motifs is 2. The van der Waals surface area contributed by atoms with Gasteiger partial charge in [-0.1, -0.05) is 0 Å². The lowest BCUT2D eigenvalue weighted by molar-refractivity contribution is -0.122. The molecule has 2 aromatic rings. The number of carbonyl (C=O) groups is 1. The van der Waals surface area contributed by atoms with Gasteiger partial charge in [-0.3, -0.25) is 14.7 Å². The molecule has 5 rings (SSSR count). The van der Waals surface area contributed by atoms with Crippen LogP contribution in [-0.2, 0) is 24.8 Å². The number of pyridine rings is 1. The molecular weight excluding hydrogens is 459 g/mol. The van der Waals surface area contributed by atoms with E-state index in [0.717, 1.165) is 17.5 Å². The molecule has 1 aromatic heterocycles. The number of nitrogens with one attached hydrogen (secondary N) is 1. The molecule has 1 saturated carbocycles. The number of anilines is 1. The van der Waals surface area contributed by atoms with Gasteiger partial charge in [0.1, 0.15) is 22.9 Å². The number of hydrogen-bond acceptors (Lipinski definition) is 7. The average molecular weight is 485 g/mol. The molecule has 0 bridgehead atoms. The molecule has 0 unspecified atom stereocenters. The molecule has 2 fully saturated rings. The fourth-order valence-electron chi connectivity index (χ4n) is 5.16. The van der Waals surface area contributed by atoms with Crippen molar-refractivity contribution in [2.75, 3.05) is 37.8 Å². The van der Waals surface area contributed by atoms with Crippen molar-refractivity contribution in [3.63, 3.8) is 0 Å². The number of likely N-dealkylation sites (tertiary alicyclic amines) is 1. The summed E-state index contributed by atoms with van der Waals surface area (Å²) in [5, 5.41) is 12.2. The molecule has 10 heteroatoms. The number of nitriles is 1. The van der Waals surface area contributed by atoms with Gasteiger partial charge in [-0.25, -0.2) is 12.8 Å². The summed E-state index contributed by atoms with van der Waals surface area (Å²) in [7, 11) is -3.44. The van der Waals surface area contributed by atoms with Crippen LogP contribution >= 0.6 is 0 Å². The van der Waals surface area contributed by atoms with Crippen LogP contribution < -0.4 is 10.1 Å². The predicted molar refractivity (Wildman–Crippen MR) is 123 cm³/mol. The first kappa shape index (κ1) is 22.7. The van der Waals surface area contributed by atoms with Gasteiger partial charge in [0.15, 0.2) is 9.84 Å². The van der Waals surface area contributed by atoms with Crippen LogP contribution in [0.2, 0.25) is 0 Å². The second kappa shape index (κ2) is 8.03. The number of sulfone groups is 1. The van der Waals surface area contributed by atoms with Crippen LogP contribution in [0.25, 0.3) is 0 Å². The number of amides is 1. The zero-order chi connectivity index (χ0) is 24.1. The molecule has 3 heterocycles. The van der Waals surface area contributed by atoms with Crippen molar-refractivity contribution in [2.24, 2.45) is 0 Å². The summed E-state index contributed by atoms with van der Waals surface area (Å²) in [5.74, 6) is -0.423. The maximum absolute atomic E-state index is 14.6. The molecule has 34 heavy (non-hydrogen) atoms. The predicted octanol–water partition coefficient (Wildman–Crippen LogP) is 2.49. The van der Waals surface area contributed by atoms with Gasteiger partial charge in [-0.05, 0) is 62.5 Å². The van der Waals surface area contributed by atoms with E-state index in [0.29, 0.717) is 57.5 Å². The number of aromatic nitrogens is 1. The first-order valence-electron chi connectivity index (χ1n) is 11.3. The van der Waals surface area contributed by atoms with Gasteiger partial charge in [0.25, 0.3) is 0 Å². The van der Waals surface area contributed by atoms with Crippen molar-refractivity contribution < 1.29 is 22.3 Å². The Bertz CT molecular complexity index is 1310. The van der Waals surface area contributed by atoms with Gasteiger partial charge in [0.05, 0.1) is 28.9 Å². The second-order valence-corrected chi connectivity index (χ2v) is 11.7. The molecule has 1 aliphatic carbocycles. The minimum absolute atomic E-state index is 0.0161. The van der Waals surface area contributed by atoms with E-state index in [1.807, 2.05) is 6.07 Å². The van der Waals surface area contributed by atoms with Crippen LogP contribution in [-0.4, -0.2) is 56.7 Å². The average Bonchev–Trinajstić information content (AvgIpc) is 3.58. The first-order chi connectivity index (χ1) is 16.2. The Hall–Kier alpha value is -3.03. The van der Waals surface area contributed by atoms with E-state index in [-0.39, 0.29) is 17.4 Å². The molecular formula is C24H25FN4O4S. The van der Waals surface area contributed by atoms with Crippen LogP contribution in [0.15, 0.2) is 30.5 Å². The van der Waals surface area contributed by atoms with E-state index in [1.165, 1.54) is 12.3 Å². The lowest BCUT2D eigenvalue weighted by Gasteiger charge is -2.37. The molecule has 178 valence electrons. The van der Waals surface area contributed by atoms with Crippen molar-refractivity contribution in [3.05, 3.63) is 53.1 Å². The quantitative estimate of drug-likeness (QED) is 0.670. The summed E-state index contributed by atoms with van der Waals surface area (Å²) >= 11 is 0. The first-order valence-corrected chi connectivity index (χ1v) is 13.1. The highest BCUT2D eigenvalue weighted by molar-refractivity contribution is 7.91. The maximum Gasteiger partial charge on any atom is 0.235 e. The van der Waals surface area contributed by atoms with Crippen LogP contribution in [0.1, 0.15) is 42.5 Å². The van der Waals surface area contributed by atoms with Gasteiger partial charge in [-0.15, -0.1) is 0 Å². The van der Waals surface area contributed by atoms with Gasteiger partial charge in [0.2, 0.25) is 5.91 Å². The van der Waals surface area contributed by atoms with Crippen LogP contribution in [0.5, 0.6) is 5.75 Å². The smallest absolute Gasteiger partial charge is 0.235 e. The van der Waals surface area contributed by atoms with E-state index in [1.54, 1.807) is 12.1 Å². The molecule has 0 atom stereocenters. The van der Waals surface area contributed by atoms with E-state index in [4.69, 9.17) is 4.74 Å². The third-order valence-corrected chi connectivity index (χ3v) is 9.42. The Morgan fingerprint density at radius 1 is 1.24 bits per heavy atom. The van der Waals surface area contributed by atoms with E-state index in [9.17, 15) is 22.9 Å². The summed E-state index contributed by atoms with van der Waals surface area (Å²) in [6.07, 6.45) is 4.53. The largest absolute Gasteiger partial charge is 0.491 e. The molecule has 8 nitrogen and oxygen atoms in total. The number of hydrogen-bond donors (Lipinski definition) is 1. The summed E-state index contributed by atoms with van der Waals surface area (Å²) in [6, 6.07) is 8.66. The SMILES string of the molecule is CS(=O)(=O)C1(c2ncc(OCCN3CCC4(CC3)C(=O)Nc3ccc(C#N)cc34)cc2F)CC1. The Kier molecular flexibility index (Phi) is 5.37. The highest BCUT2D eigenvalue weighted by atomic mass is 32.2. The van der Waals surface area contributed by atoms with Crippen LogP contribution in [0, 0.1) is 17.1 Å². The molecule has 1 N–H and O–H groups in total. The zero-order valence-electron chi connectivity index (χ0n) is 18.8. The van der Waals surface area contributed by atoms with Crippen LogP contribution in [0.4, 0.5) is 10.1 Å². The third kappa shape index (κ3) is 3.63. The maximum atomic E-state index is 14.6. The Labute approximate surface area is 197 Å². The van der Waals surface area contributed by atoms with Crippen molar-refractivity contribution in [1.82, 2.24) is 9.88 Å². The van der Waals surface area contributed by atoms with E-state index in [2.05, 4.69) is 21.3 Å². The number of ether oxygens (including phenoxy) is 1. The van der Waals surface area contributed by atoms with E-state index < -0.39 is 25.8 Å². The number of halogens is 1. The summed E-state index contributed by atoms with van der Waals surface area (Å²) in [5.41, 5.74) is 1.58. The highest BCUT2D eigenvalue weighted by Crippen LogP contribution is 2.52. The minimum atomic E-state index is -3.44. The molecule has 3 aliphatic rings.